The monoisotopic (exact) mass is 223 g/mol. The molecule has 1 aliphatic heterocycles. The molecule has 0 aliphatic carbocycles. The summed E-state index contributed by atoms with van der Waals surface area (Å²) in [6.07, 6.45) is 4.29. The van der Waals surface area contributed by atoms with Crippen LogP contribution in [-0.4, -0.2) is 28.8 Å². The fourth-order valence-electron chi connectivity index (χ4n) is 3.09. The summed E-state index contributed by atoms with van der Waals surface area (Å²) in [5.74, 6) is 0.674. The highest BCUT2D eigenvalue weighted by Gasteiger charge is 2.42. The van der Waals surface area contributed by atoms with Gasteiger partial charge < -0.3 is 0 Å². The van der Waals surface area contributed by atoms with E-state index in [1.165, 1.54) is 6.08 Å². The standard InChI is InChI=1S/C14H25NO/c1-7-12(16)8-11-9-13(2,3)15(6)14(4,5)10-11/h7,11H,1,8-10H2,2-6H3. The lowest BCUT2D eigenvalue weighted by Gasteiger charge is -2.53. The van der Waals surface area contributed by atoms with Gasteiger partial charge in [0.05, 0.1) is 0 Å². The molecule has 2 nitrogen and oxygen atoms in total. The minimum Gasteiger partial charge on any atom is -0.296 e. The molecule has 0 bridgehead atoms. The van der Waals surface area contributed by atoms with Crippen molar-refractivity contribution in [2.24, 2.45) is 5.92 Å². The molecule has 1 rings (SSSR count). The number of carbonyl (C=O) groups is 1. The van der Waals surface area contributed by atoms with Crippen LogP contribution in [0.15, 0.2) is 12.7 Å². The zero-order valence-corrected chi connectivity index (χ0v) is 11.3. The quantitative estimate of drug-likeness (QED) is 0.685. The maximum absolute atomic E-state index is 11.5. The van der Waals surface area contributed by atoms with E-state index in [1.807, 2.05) is 0 Å². The third kappa shape index (κ3) is 2.73. The summed E-state index contributed by atoms with van der Waals surface area (Å²) in [4.78, 5) is 13.9. The second kappa shape index (κ2) is 4.33. The van der Waals surface area contributed by atoms with Gasteiger partial charge in [0, 0.05) is 17.5 Å². The molecule has 92 valence electrons. The smallest absolute Gasteiger partial charge is 0.155 e. The van der Waals surface area contributed by atoms with Gasteiger partial charge in [-0.3, -0.25) is 9.69 Å². The molecule has 0 atom stereocenters. The van der Waals surface area contributed by atoms with E-state index in [9.17, 15) is 4.79 Å². The van der Waals surface area contributed by atoms with Crippen LogP contribution in [0.5, 0.6) is 0 Å². The van der Waals surface area contributed by atoms with E-state index in [2.05, 4.69) is 46.2 Å². The van der Waals surface area contributed by atoms with Crippen molar-refractivity contribution in [1.82, 2.24) is 4.90 Å². The van der Waals surface area contributed by atoms with E-state index < -0.39 is 0 Å². The lowest BCUT2D eigenvalue weighted by molar-refractivity contribution is -0.117. The Morgan fingerprint density at radius 1 is 1.31 bits per heavy atom. The van der Waals surface area contributed by atoms with Crippen LogP contribution < -0.4 is 0 Å². The normalized spacial score (nSPS) is 25.3. The Morgan fingerprint density at radius 3 is 2.12 bits per heavy atom. The molecule has 1 aliphatic rings. The first kappa shape index (κ1) is 13.4. The van der Waals surface area contributed by atoms with Gasteiger partial charge in [-0.25, -0.2) is 0 Å². The number of rotatable bonds is 3. The second-order valence-corrected chi connectivity index (χ2v) is 6.33. The van der Waals surface area contributed by atoms with Crippen LogP contribution in [0.1, 0.15) is 47.0 Å². The van der Waals surface area contributed by atoms with E-state index >= 15 is 0 Å². The Labute approximate surface area is 99.7 Å². The van der Waals surface area contributed by atoms with Crippen molar-refractivity contribution in [3.05, 3.63) is 12.7 Å². The molecule has 0 amide bonds. The molecule has 0 saturated carbocycles. The summed E-state index contributed by atoms with van der Waals surface area (Å²) in [5, 5.41) is 0. The predicted molar refractivity (Wildman–Crippen MR) is 68.5 cm³/mol. The van der Waals surface area contributed by atoms with E-state index in [4.69, 9.17) is 0 Å². The van der Waals surface area contributed by atoms with Crippen molar-refractivity contribution in [2.75, 3.05) is 7.05 Å². The highest BCUT2D eigenvalue weighted by molar-refractivity contribution is 5.89. The van der Waals surface area contributed by atoms with Gasteiger partial charge in [0.1, 0.15) is 0 Å². The van der Waals surface area contributed by atoms with Gasteiger partial charge in [0.15, 0.2) is 5.78 Å². The third-order valence-electron chi connectivity index (χ3n) is 4.11. The number of hydrogen-bond donors (Lipinski definition) is 0. The summed E-state index contributed by atoms with van der Waals surface area (Å²) >= 11 is 0. The largest absolute Gasteiger partial charge is 0.296 e. The molecule has 0 aromatic carbocycles. The van der Waals surface area contributed by atoms with Crippen molar-refractivity contribution in [3.63, 3.8) is 0 Å². The predicted octanol–water partition coefficient (Wildman–Crippen LogP) is 3.03. The zero-order valence-electron chi connectivity index (χ0n) is 11.3. The molecule has 0 aromatic rings. The average Bonchev–Trinajstić information content (AvgIpc) is 2.13. The number of piperidine rings is 1. The molecule has 0 radical (unpaired) electrons. The van der Waals surface area contributed by atoms with E-state index in [1.54, 1.807) is 0 Å². The molecule has 16 heavy (non-hydrogen) atoms. The van der Waals surface area contributed by atoms with Crippen LogP contribution in [0.4, 0.5) is 0 Å². The summed E-state index contributed by atoms with van der Waals surface area (Å²) in [6.45, 7) is 12.6. The lowest BCUT2D eigenvalue weighted by Crippen LogP contribution is -2.58. The molecular weight excluding hydrogens is 198 g/mol. The summed E-state index contributed by atoms with van der Waals surface area (Å²) in [7, 11) is 2.19. The van der Waals surface area contributed by atoms with Gasteiger partial charge >= 0.3 is 0 Å². The Morgan fingerprint density at radius 2 is 1.75 bits per heavy atom. The minimum absolute atomic E-state index is 0.174. The van der Waals surface area contributed by atoms with Crippen LogP contribution >= 0.6 is 0 Å². The van der Waals surface area contributed by atoms with Gasteiger partial charge in [0.25, 0.3) is 0 Å². The number of allylic oxidation sites excluding steroid dienone is 1. The molecule has 1 heterocycles. The summed E-state index contributed by atoms with van der Waals surface area (Å²) < 4.78 is 0. The maximum Gasteiger partial charge on any atom is 0.155 e. The topological polar surface area (TPSA) is 20.3 Å². The van der Waals surface area contributed by atoms with Gasteiger partial charge in [-0.2, -0.15) is 0 Å². The molecular formula is C14H25NO. The van der Waals surface area contributed by atoms with Gasteiger partial charge in [-0.1, -0.05) is 6.58 Å². The van der Waals surface area contributed by atoms with Crippen molar-refractivity contribution >= 4 is 5.78 Å². The Kier molecular flexibility index (Phi) is 3.63. The number of carbonyl (C=O) groups excluding carboxylic acids is 1. The van der Waals surface area contributed by atoms with Crippen LogP contribution in [-0.2, 0) is 4.79 Å². The van der Waals surface area contributed by atoms with Gasteiger partial charge in [0.2, 0.25) is 0 Å². The van der Waals surface area contributed by atoms with Gasteiger partial charge in [-0.15, -0.1) is 0 Å². The summed E-state index contributed by atoms with van der Waals surface area (Å²) in [5.41, 5.74) is 0.349. The van der Waals surface area contributed by atoms with Crippen molar-refractivity contribution in [3.8, 4) is 0 Å². The first-order chi connectivity index (χ1) is 7.19. The SMILES string of the molecule is C=CC(=O)CC1CC(C)(C)N(C)C(C)(C)C1. The second-order valence-electron chi connectivity index (χ2n) is 6.33. The molecule has 1 saturated heterocycles. The van der Waals surface area contributed by atoms with Crippen LogP contribution in [0.3, 0.4) is 0 Å². The highest BCUT2D eigenvalue weighted by Crippen LogP contribution is 2.41. The van der Waals surface area contributed by atoms with Crippen molar-refractivity contribution < 1.29 is 4.79 Å². The van der Waals surface area contributed by atoms with E-state index in [0.717, 1.165) is 12.8 Å². The van der Waals surface area contributed by atoms with Crippen LogP contribution in [0.2, 0.25) is 0 Å². The lowest BCUT2D eigenvalue weighted by atomic mass is 9.72. The Bertz CT molecular complexity index is 273. The zero-order chi connectivity index (χ0) is 12.6. The number of likely N-dealkylation sites (tertiary alicyclic amines) is 1. The molecule has 0 spiro atoms. The van der Waals surface area contributed by atoms with Crippen molar-refractivity contribution in [1.29, 1.82) is 0 Å². The minimum atomic E-state index is 0.174. The van der Waals surface area contributed by atoms with E-state index in [-0.39, 0.29) is 16.9 Å². The highest BCUT2D eigenvalue weighted by atomic mass is 16.1. The summed E-state index contributed by atoms with van der Waals surface area (Å²) in [6, 6.07) is 0. The maximum atomic E-state index is 11.5. The van der Waals surface area contributed by atoms with E-state index in [0.29, 0.717) is 12.3 Å². The fourth-order valence-corrected chi connectivity index (χ4v) is 3.09. The number of nitrogens with zero attached hydrogens (tertiary/aromatic N) is 1. The first-order valence-corrected chi connectivity index (χ1v) is 6.08. The number of ketones is 1. The van der Waals surface area contributed by atoms with Crippen LogP contribution in [0, 0.1) is 5.92 Å². The number of hydrogen-bond acceptors (Lipinski definition) is 2. The Balaban J connectivity index is 2.78. The fraction of sp³-hybridized carbons (Fsp3) is 0.786. The third-order valence-corrected chi connectivity index (χ3v) is 4.11. The van der Waals surface area contributed by atoms with Crippen LogP contribution in [0.25, 0.3) is 0 Å². The molecule has 0 N–H and O–H groups in total. The average molecular weight is 223 g/mol. The Hall–Kier alpha value is -0.630. The first-order valence-electron chi connectivity index (χ1n) is 6.08. The molecule has 2 heteroatoms. The molecule has 1 fully saturated rings. The molecule has 0 aromatic heterocycles. The van der Waals surface area contributed by atoms with Gasteiger partial charge in [-0.05, 0) is 59.6 Å². The molecule has 0 unspecified atom stereocenters. The van der Waals surface area contributed by atoms with Crippen molar-refractivity contribution in [2.45, 2.75) is 58.0 Å².